The van der Waals surface area contributed by atoms with Gasteiger partial charge in [-0.25, -0.2) is 4.98 Å². The number of hydrogen-bond donors (Lipinski definition) is 2. The predicted octanol–water partition coefficient (Wildman–Crippen LogP) is 2.77. The number of benzene rings is 1. The average Bonchev–Trinajstić information content (AvgIpc) is 2.49. The molecule has 2 aromatic rings. The van der Waals surface area contributed by atoms with Crippen molar-refractivity contribution in [3.05, 3.63) is 58.8 Å². The van der Waals surface area contributed by atoms with E-state index in [4.69, 9.17) is 0 Å². The normalized spacial score (nSPS) is 10.2. The number of aromatic nitrogens is 1. The van der Waals surface area contributed by atoms with Crippen molar-refractivity contribution in [2.45, 2.75) is 27.2 Å². The summed E-state index contributed by atoms with van der Waals surface area (Å²) in [6, 6.07) is 9.30. The number of hydrogen-bond acceptors (Lipinski definition) is 3. The van der Waals surface area contributed by atoms with Gasteiger partial charge in [-0.2, -0.15) is 0 Å². The van der Waals surface area contributed by atoms with Gasteiger partial charge < -0.3 is 10.6 Å². The summed E-state index contributed by atoms with van der Waals surface area (Å²) in [4.78, 5) is 28.0. The summed E-state index contributed by atoms with van der Waals surface area (Å²) in [7, 11) is 0. The maximum absolute atomic E-state index is 12.1. The van der Waals surface area contributed by atoms with E-state index in [2.05, 4.69) is 15.6 Å². The van der Waals surface area contributed by atoms with E-state index in [0.29, 0.717) is 11.4 Å². The molecule has 2 N–H and O–H groups in total. The van der Waals surface area contributed by atoms with Crippen LogP contribution < -0.4 is 10.6 Å². The number of pyridine rings is 1. The summed E-state index contributed by atoms with van der Waals surface area (Å²) >= 11 is 0. The third-order valence-corrected chi connectivity index (χ3v) is 3.44. The van der Waals surface area contributed by atoms with Gasteiger partial charge in [-0.05, 0) is 44.0 Å². The Morgan fingerprint density at radius 1 is 1.04 bits per heavy atom. The van der Waals surface area contributed by atoms with Gasteiger partial charge in [0.2, 0.25) is 5.91 Å². The van der Waals surface area contributed by atoms with Crippen LogP contribution in [0.1, 0.15) is 33.5 Å². The minimum absolute atomic E-state index is 0.163. The maximum Gasteiger partial charge on any atom is 0.251 e. The van der Waals surface area contributed by atoms with Crippen LogP contribution in [0.5, 0.6) is 0 Å². The second-order valence-electron chi connectivity index (χ2n) is 5.59. The Balaban J connectivity index is 1.81. The summed E-state index contributed by atoms with van der Waals surface area (Å²) in [6.45, 7) is 6.10. The lowest BCUT2D eigenvalue weighted by atomic mass is 10.1. The summed E-state index contributed by atoms with van der Waals surface area (Å²) in [5, 5.41) is 5.47. The summed E-state index contributed by atoms with van der Waals surface area (Å²) in [5.74, 6) is 0.173. The van der Waals surface area contributed by atoms with Crippen LogP contribution in [0.25, 0.3) is 0 Å². The van der Waals surface area contributed by atoms with Crippen LogP contribution in [0.15, 0.2) is 36.5 Å². The van der Waals surface area contributed by atoms with E-state index in [0.717, 1.165) is 16.7 Å². The van der Waals surface area contributed by atoms with Crippen LogP contribution in [0, 0.1) is 20.8 Å². The molecule has 120 valence electrons. The zero-order valence-corrected chi connectivity index (χ0v) is 13.6. The first-order valence-electron chi connectivity index (χ1n) is 7.53. The Bertz CT molecular complexity index is 709. The molecule has 0 radical (unpaired) electrons. The number of carbonyl (C=O) groups is 2. The van der Waals surface area contributed by atoms with Gasteiger partial charge in [-0.3, -0.25) is 9.59 Å². The van der Waals surface area contributed by atoms with E-state index in [-0.39, 0.29) is 24.8 Å². The van der Waals surface area contributed by atoms with Crippen LogP contribution >= 0.6 is 0 Å². The average molecular weight is 311 g/mol. The summed E-state index contributed by atoms with van der Waals surface area (Å²) in [5.41, 5.74) is 3.71. The Kier molecular flexibility index (Phi) is 5.46. The van der Waals surface area contributed by atoms with Crippen molar-refractivity contribution < 1.29 is 9.59 Å². The first-order valence-corrected chi connectivity index (χ1v) is 7.53. The van der Waals surface area contributed by atoms with Crippen molar-refractivity contribution in [2.75, 3.05) is 11.9 Å². The Hall–Kier alpha value is -2.69. The van der Waals surface area contributed by atoms with Gasteiger partial charge in [0, 0.05) is 24.7 Å². The van der Waals surface area contributed by atoms with Crippen LogP contribution in [0.4, 0.5) is 5.82 Å². The fourth-order valence-electron chi connectivity index (χ4n) is 2.20. The largest absolute Gasteiger partial charge is 0.352 e. The third-order valence-electron chi connectivity index (χ3n) is 3.44. The van der Waals surface area contributed by atoms with Crippen molar-refractivity contribution in [1.82, 2.24) is 10.3 Å². The molecule has 2 amide bonds. The Morgan fingerprint density at radius 2 is 1.78 bits per heavy atom. The van der Waals surface area contributed by atoms with Gasteiger partial charge in [0.1, 0.15) is 5.82 Å². The standard InChI is InChI=1S/C18H21N3O2/c1-12-4-6-15(14(3)10-12)18(23)19-9-8-17(22)21-16-7-5-13(2)11-20-16/h4-7,10-11H,8-9H2,1-3H3,(H,19,23)(H,20,21,22). The summed E-state index contributed by atoms with van der Waals surface area (Å²) < 4.78 is 0. The highest BCUT2D eigenvalue weighted by Gasteiger charge is 2.09. The van der Waals surface area contributed by atoms with Gasteiger partial charge >= 0.3 is 0 Å². The molecule has 0 atom stereocenters. The second-order valence-corrected chi connectivity index (χ2v) is 5.59. The van der Waals surface area contributed by atoms with Gasteiger partial charge in [-0.15, -0.1) is 0 Å². The molecule has 0 aliphatic carbocycles. The highest BCUT2D eigenvalue weighted by Crippen LogP contribution is 2.10. The first-order chi connectivity index (χ1) is 11.0. The van der Waals surface area contributed by atoms with Crippen molar-refractivity contribution in [3.8, 4) is 0 Å². The van der Waals surface area contributed by atoms with E-state index in [9.17, 15) is 9.59 Å². The van der Waals surface area contributed by atoms with Crippen molar-refractivity contribution >= 4 is 17.6 Å². The topological polar surface area (TPSA) is 71.1 Å². The van der Waals surface area contributed by atoms with E-state index in [1.54, 1.807) is 18.3 Å². The molecule has 5 nitrogen and oxygen atoms in total. The fraction of sp³-hybridized carbons (Fsp3) is 0.278. The van der Waals surface area contributed by atoms with Crippen LogP contribution in [-0.4, -0.2) is 23.3 Å². The first kappa shape index (κ1) is 16.7. The van der Waals surface area contributed by atoms with Crippen LogP contribution in [0.2, 0.25) is 0 Å². The molecule has 0 spiro atoms. The lowest BCUT2D eigenvalue weighted by Gasteiger charge is -2.09. The number of anilines is 1. The highest BCUT2D eigenvalue weighted by atomic mass is 16.2. The molecule has 1 heterocycles. The molecular weight excluding hydrogens is 290 g/mol. The zero-order chi connectivity index (χ0) is 16.8. The number of aryl methyl sites for hydroxylation is 3. The minimum atomic E-state index is -0.178. The number of carbonyl (C=O) groups excluding carboxylic acids is 2. The van der Waals surface area contributed by atoms with Gasteiger partial charge in [0.25, 0.3) is 5.91 Å². The highest BCUT2D eigenvalue weighted by molar-refractivity contribution is 5.96. The summed E-state index contributed by atoms with van der Waals surface area (Å²) in [6.07, 6.45) is 1.89. The van der Waals surface area contributed by atoms with Crippen LogP contribution in [-0.2, 0) is 4.79 Å². The fourth-order valence-corrected chi connectivity index (χ4v) is 2.20. The van der Waals surface area contributed by atoms with Crippen molar-refractivity contribution in [3.63, 3.8) is 0 Å². The molecule has 0 bridgehead atoms. The maximum atomic E-state index is 12.1. The molecule has 0 saturated carbocycles. The molecule has 0 unspecified atom stereocenters. The molecular formula is C18H21N3O2. The molecule has 1 aromatic heterocycles. The zero-order valence-electron chi connectivity index (χ0n) is 13.6. The van der Waals surface area contributed by atoms with E-state index in [1.165, 1.54) is 0 Å². The van der Waals surface area contributed by atoms with Crippen molar-refractivity contribution in [2.24, 2.45) is 0 Å². The van der Waals surface area contributed by atoms with Gasteiger partial charge in [-0.1, -0.05) is 23.8 Å². The monoisotopic (exact) mass is 311 g/mol. The number of rotatable bonds is 5. The van der Waals surface area contributed by atoms with E-state index in [1.807, 2.05) is 39.0 Å². The number of nitrogens with zero attached hydrogens (tertiary/aromatic N) is 1. The second kappa shape index (κ2) is 7.54. The van der Waals surface area contributed by atoms with E-state index < -0.39 is 0 Å². The number of amides is 2. The van der Waals surface area contributed by atoms with Gasteiger partial charge in [0.15, 0.2) is 0 Å². The number of nitrogens with one attached hydrogen (secondary N) is 2. The molecule has 1 aromatic carbocycles. The smallest absolute Gasteiger partial charge is 0.251 e. The molecule has 2 rings (SSSR count). The van der Waals surface area contributed by atoms with Crippen LogP contribution in [0.3, 0.4) is 0 Å². The molecule has 0 saturated heterocycles. The van der Waals surface area contributed by atoms with Crippen molar-refractivity contribution in [1.29, 1.82) is 0 Å². The van der Waals surface area contributed by atoms with Gasteiger partial charge in [0.05, 0.1) is 0 Å². The molecule has 0 fully saturated rings. The SMILES string of the molecule is Cc1ccc(NC(=O)CCNC(=O)c2ccc(C)cc2C)nc1. The molecule has 0 aliphatic heterocycles. The minimum Gasteiger partial charge on any atom is -0.352 e. The predicted molar refractivity (Wildman–Crippen MR) is 90.5 cm³/mol. The lowest BCUT2D eigenvalue weighted by Crippen LogP contribution is -2.28. The molecule has 5 heteroatoms. The molecule has 23 heavy (non-hydrogen) atoms. The van der Waals surface area contributed by atoms with E-state index >= 15 is 0 Å². The quantitative estimate of drug-likeness (QED) is 0.892. The third kappa shape index (κ3) is 4.92. The molecule has 0 aliphatic rings. The Morgan fingerprint density at radius 3 is 2.43 bits per heavy atom. The lowest BCUT2D eigenvalue weighted by molar-refractivity contribution is -0.116. The Labute approximate surface area is 136 Å².